The zero-order chi connectivity index (χ0) is 13.7. The van der Waals surface area contributed by atoms with E-state index in [9.17, 15) is 4.79 Å². The van der Waals surface area contributed by atoms with Crippen molar-refractivity contribution in [2.75, 3.05) is 12.3 Å². The van der Waals surface area contributed by atoms with Crippen LogP contribution in [0.3, 0.4) is 0 Å². The van der Waals surface area contributed by atoms with Crippen LogP contribution in [0.5, 0.6) is 5.75 Å². The van der Waals surface area contributed by atoms with E-state index in [0.29, 0.717) is 18.0 Å². The fourth-order valence-electron chi connectivity index (χ4n) is 1.57. The number of hydrogen-bond acceptors (Lipinski definition) is 4. The van der Waals surface area contributed by atoms with Crippen LogP contribution in [-0.2, 0) is 11.3 Å². The van der Waals surface area contributed by atoms with Gasteiger partial charge < -0.3 is 15.8 Å². The van der Waals surface area contributed by atoms with Gasteiger partial charge in [0.15, 0.2) is 6.61 Å². The molecule has 0 bridgehead atoms. The predicted octanol–water partition coefficient (Wildman–Crippen LogP) is 2.33. The van der Waals surface area contributed by atoms with Crippen LogP contribution in [0, 0.1) is 6.92 Å². The van der Waals surface area contributed by atoms with E-state index in [-0.39, 0.29) is 12.5 Å². The molecule has 0 aliphatic rings. The van der Waals surface area contributed by atoms with Gasteiger partial charge in [0.2, 0.25) is 0 Å². The molecule has 5 heteroatoms. The lowest BCUT2D eigenvalue weighted by atomic mass is 10.3. The minimum atomic E-state index is -0.143. The smallest absolute Gasteiger partial charge is 0.258 e. The Labute approximate surface area is 116 Å². The Kier molecular flexibility index (Phi) is 4.41. The summed E-state index contributed by atoms with van der Waals surface area (Å²) in [5.74, 6) is 0.456. The lowest BCUT2D eigenvalue weighted by Gasteiger charge is -2.07. The number of nitrogens with two attached hydrogens (primary N) is 1. The average Bonchev–Trinajstić information content (AvgIpc) is 2.80. The van der Waals surface area contributed by atoms with Gasteiger partial charge in [-0.25, -0.2) is 0 Å². The summed E-state index contributed by atoms with van der Waals surface area (Å²) in [5.41, 5.74) is 7.44. The highest BCUT2D eigenvalue weighted by Crippen LogP contribution is 2.15. The van der Waals surface area contributed by atoms with Crippen molar-refractivity contribution in [1.82, 2.24) is 5.32 Å². The molecule has 2 rings (SSSR count). The molecule has 0 fully saturated rings. The number of hydrogen-bond donors (Lipinski definition) is 2. The number of aryl methyl sites for hydroxylation is 1. The first kappa shape index (κ1) is 13.4. The van der Waals surface area contributed by atoms with E-state index in [1.54, 1.807) is 35.6 Å². The Balaban J connectivity index is 1.77. The summed E-state index contributed by atoms with van der Waals surface area (Å²) < 4.78 is 5.36. The van der Waals surface area contributed by atoms with Gasteiger partial charge in [-0.3, -0.25) is 4.79 Å². The van der Waals surface area contributed by atoms with E-state index >= 15 is 0 Å². The molecule has 0 radical (unpaired) electrons. The SMILES string of the molecule is Cc1ccsc1CNC(=O)COc1cccc(N)c1. The Morgan fingerprint density at radius 3 is 2.95 bits per heavy atom. The van der Waals surface area contributed by atoms with E-state index in [4.69, 9.17) is 10.5 Å². The van der Waals surface area contributed by atoms with Crippen LogP contribution in [0.15, 0.2) is 35.7 Å². The van der Waals surface area contributed by atoms with Crippen LogP contribution in [-0.4, -0.2) is 12.5 Å². The topological polar surface area (TPSA) is 64.3 Å². The summed E-state index contributed by atoms with van der Waals surface area (Å²) in [6.07, 6.45) is 0. The summed E-state index contributed by atoms with van der Waals surface area (Å²) in [7, 11) is 0. The van der Waals surface area contributed by atoms with Crippen LogP contribution in [0.25, 0.3) is 0 Å². The zero-order valence-corrected chi connectivity index (χ0v) is 11.5. The number of nitrogens with one attached hydrogen (secondary N) is 1. The molecule has 0 saturated carbocycles. The fourth-order valence-corrected chi connectivity index (χ4v) is 2.41. The van der Waals surface area contributed by atoms with Crippen molar-refractivity contribution in [3.8, 4) is 5.75 Å². The number of nitrogen functional groups attached to an aromatic ring is 1. The molecule has 4 nitrogen and oxygen atoms in total. The second-order valence-corrected chi connectivity index (χ2v) is 5.17. The van der Waals surface area contributed by atoms with Gasteiger partial charge in [0.25, 0.3) is 5.91 Å². The molecule has 1 heterocycles. The molecular weight excluding hydrogens is 260 g/mol. The molecule has 0 aliphatic heterocycles. The molecule has 19 heavy (non-hydrogen) atoms. The number of rotatable bonds is 5. The molecule has 0 atom stereocenters. The molecule has 0 unspecified atom stereocenters. The maximum absolute atomic E-state index is 11.6. The maximum atomic E-state index is 11.6. The highest BCUT2D eigenvalue weighted by Gasteiger charge is 2.05. The van der Waals surface area contributed by atoms with E-state index in [0.717, 1.165) is 4.88 Å². The number of carbonyl (C=O) groups is 1. The van der Waals surface area contributed by atoms with Crippen LogP contribution in [0.2, 0.25) is 0 Å². The quantitative estimate of drug-likeness (QED) is 0.824. The second kappa shape index (κ2) is 6.24. The van der Waals surface area contributed by atoms with Gasteiger partial charge >= 0.3 is 0 Å². The van der Waals surface area contributed by atoms with Crippen LogP contribution in [0.4, 0.5) is 5.69 Å². The van der Waals surface area contributed by atoms with Gasteiger partial charge in [0, 0.05) is 16.6 Å². The number of amides is 1. The highest BCUT2D eigenvalue weighted by molar-refractivity contribution is 7.10. The molecule has 0 saturated heterocycles. The maximum Gasteiger partial charge on any atom is 0.258 e. The van der Waals surface area contributed by atoms with Crippen LogP contribution >= 0.6 is 11.3 Å². The largest absolute Gasteiger partial charge is 0.484 e. The van der Waals surface area contributed by atoms with Crippen molar-refractivity contribution >= 4 is 22.9 Å². The highest BCUT2D eigenvalue weighted by atomic mass is 32.1. The van der Waals surface area contributed by atoms with E-state index < -0.39 is 0 Å². The van der Waals surface area contributed by atoms with E-state index in [1.807, 2.05) is 18.4 Å². The Bertz CT molecular complexity index is 566. The summed E-state index contributed by atoms with van der Waals surface area (Å²) >= 11 is 1.64. The summed E-state index contributed by atoms with van der Waals surface area (Å²) in [6, 6.07) is 9.06. The molecular formula is C14H16N2O2S. The van der Waals surface area contributed by atoms with Gasteiger partial charge in [0.1, 0.15) is 5.75 Å². The molecule has 2 aromatic rings. The number of benzene rings is 1. The van der Waals surface area contributed by atoms with Gasteiger partial charge in [-0.2, -0.15) is 0 Å². The molecule has 3 N–H and O–H groups in total. The van der Waals surface area contributed by atoms with Gasteiger partial charge in [-0.15, -0.1) is 11.3 Å². The lowest BCUT2D eigenvalue weighted by Crippen LogP contribution is -2.28. The third kappa shape index (κ3) is 3.99. The van der Waals surface area contributed by atoms with Crippen molar-refractivity contribution in [3.63, 3.8) is 0 Å². The standard InChI is InChI=1S/C14H16N2O2S/c1-10-5-6-19-13(10)8-16-14(17)9-18-12-4-2-3-11(15)7-12/h2-7H,8-9,15H2,1H3,(H,16,17). The number of thiophene rings is 1. The van der Waals surface area contributed by atoms with Crippen molar-refractivity contribution < 1.29 is 9.53 Å². The Morgan fingerprint density at radius 2 is 2.26 bits per heavy atom. The zero-order valence-electron chi connectivity index (χ0n) is 10.7. The summed E-state index contributed by atoms with van der Waals surface area (Å²) in [5, 5.41) is 4.84. The lowest BCUT2D eigenvalue weighted by molar-refractivity contribution is -0.123. The van der Waals surface area contributed by atoms with Gasteiger partial charge in [-0.1, -0.05) is 6.07 Å². The van der Waals surface area contributed by atoms with Crippen molar-refractivity contribution in [1.29, 1.82) is 0 Å². The summed E-state index contributed by atoms with van der Waals surface area (Å²) in [4.78, 5) is 12.8. The molecule has 100 valence electrons. The first-order valence-corrected chi connectivity index (χ1v) is 6.81. The van der Waals surface area contributed by atoms with Gasteiger partial charge in [0.05, 0.1) is 6.54 Å². The monoisotopic (exact) mass is 276 g/mol. The van der Waals surface area contributed by atoms with Crippen molar-refractivity contribution in [2.45, 2.75) is 13.5 Å². The molecule has 1 aromatic heterocycles. The number of anilines is 1. The normalized spacial score (nSPS) is 10.2. The van der Waals surface area contributed by atoms with Crippen LogP contribution < -0.4 is 15.8 Å². The predicted molar refractivity (Wildman–Crippen MR) is 77.3 cm³/mol. The van der Waals surface area contributed by atoms with Crippen molar-refractivity contribution in [2.24, 2.45) is 0 Å². The minimum absolute atomic E-state index is 0.00608. The summed E-state index contributed by atoms with van der Waals surface area (Å²) in [6.45, 7) is 2.57. The first-order chi connectivity index (χ1) is 9.15. The van der Waals surface area contributed by atoms with E-state index in [1.165, 1.54) is 5.56 Å². The third-order valence-corrected chi connectivity index (χ3v) is 3.67. The number of ether oxygens (including phenoxy) is 1. The Hall–Kier alpha value is -2.01. The molecule has 1 amide bonds. The minimum Gasteiger partial charge on any atom is -0.484 e. The first-order valence-electron chi connectivity index (χ1n) is 5.93. The van der Waals surface area contributed by atoms with Crippen LogP contribution in [0.1, 0.15) is 10.4 Å². The van der Waals surface area contributed by atoms with E-state index in [2.05, 4.69) is 5.32 Å². The van der Waals surface area contributed by atoms with Gasteiger partial charge in [-0.05, 0) is 36.1 Å². The molecule has 1 aromatic carbocycles. The molecule has 0 aliphatic carbocycles. The third-order valence-electron chi connectivity index (χ3n) is 2.64. The Morgan fingerprint density at radius 1 is 1.42 bits per heavy atom. The second-order valence-electron chi connectivity index (χ2n) is 4.16. The number of carbonyl (C=O) groups excluding carboxylic acids is 1. The average molecular weight is 276 g/mol. The molecule has 0 spiro atoms. The fraction of sp³-hybridized carbons (Fsp3) is 0.214. The van der Waals surface area contributed by atoms with Crippen molar-refractivity contribution in [3.05, 3.63) is 46.2 Å².